The molecule has 1 aliphatic heterocycles. The zero-order valence-electron chi connectivity index (χ0n) is 11.8. The number of pyridine rings is 2. The monoisotopic (exact) mass is 282 g/mol. The van der Waals surface area contributed by atoms with Crippen molar-refractivity contribution in [3.05, 3.63) is 48.4 Å². The average molecular weight is 282 g/mol. The van der Waals surface area contributed by atoms with Crippen molar-refractivity contribution < 1.29 is 4.79 Å². The molecule has 0 aromatic carbocycles. The van der Waals surface area contributed by atoms with E-state index in [0.717, 1.165) is 18.9 Å². The number of piperidine rings is 1. The van der Waals surface area contributed by atoms with Crippen LogP contribution < -0.4 is 10.2 Å². The number of amides is 1. The third kappa shape index (κ3) is 3.37. The summed E-state index contributed by atoms with van der Waals surface area (Å²) in [5, 5.41) is 2.84. The first-order chi connectivity index (χ1) is 10.3. The topological polar surface area (TPSA) is 58.1 Å². The van der Waals surface area contributed by atoms with E-state index < -0.39 is 0 Å². The number of aromatic nitrogens is 2. The van der Waals surface area contributed by atoms with E-state index in [0.29, 0.717) is 11.3 Å². The van der Waals surface area contributed by atoms with E-state index in [4.69, 9.17) is 0 Å². The van der Waals surface area contributed by atoms with Gasteiger partial charge in [-0.15, -0.1) is 0 Å². The Kier molecular flexibility index (Phi) is 4.09. The quantitative estimate of drug-likeness (QED) is 0.940. The molecule has 1 aliphatic rings. The van der Waals surface area contributed by atoms with Crippen LogP contribution in [-0.4, -0.2) is 29.0 Å². The first kappa shape index (κ1) is 13.5. The number of hydrogen-bond acceptors (Lipinski definition) is 4. The molecule has 1 amide bonds. The van der Waals surface area contributed by atoms with Gasteiger partial charge in [0.05, 0.1) is 11.9 Å². The van der Waals surface area contributed by atoms with E-state index in [1.54, 1.807) is 30.7 Å². The van der Waals surface area contributed by atoms with Crippen LogP contribution in [0, 0.1) is 0 Å². The summed E-state index contributed by atoms with van der Waals surface area (Å²) in [5.74, 6) is 0.747. The molecule has 21 heavy (non-hydrogen) atoms. The Labute approximate surface area is 124 Å². The lowest BCUT2D eigenvalue weighted by molar-refractivity contribution is 0.102. The average Bonchev–Trinajstić information content (AvgIpc) is 2.57. The normalized spacial score (nSPS) is 14.8. The first-order valence-electron chi connectivity index (χ1n) is 7.25. The van der Waals surface area contributed by atoms with Gasteiger partial charge in [0, 0.05) is 31.0 Å². The molecule has 0 aliphatic carbocycles. The van der Waals surface area contributed by atoms with Crippen LogP contribution in [0.3, 0.4) is 0 Å². The molecule has 5 nitrogen and oxygen atoms in total. The van der Waals surface area contributed by atoms with Gasteiger partial charge in [0.25, 0.3) is 5.91 Å². The molecule has 0 saturated carbocycles. The Balaban J connectivity index is 1.74. The lowest BCUT2D eigenvalue weighted by atomic mass is 10.1. The Morgan fingerprint density at radius 2 is 2.00 bits per heavy atom. The summed E-state index contributed by atoms with van der Waals surface area (Å²) in [6.07, 6.45) is 8.66. The second-order valence-corrected chi connectivity index (χ2v) is 5.15. The highest BCUT2D eigenvalue weighted by Gasteiger charge is 2.14. The van der Waals surface area contributed by atoms with E-state index in [1.807, 2.05) is 12.1 Å². The predicted octanol–water partition coefficient (Wildman–Crippen LogP) is 2.72. The fraction of sp³-hybridized carbons (Fsp3) is 0.312. The second kappa shape index (κ2) is 6.35. The highest BCUT2D eigenvalue weighted by molar-refractivity contribution is 6.04. The van der Waals surface area contributed by atoms with Gasteiger partial charge in [-0.05, 0) is 43.5 Å². The van der Waals surface area contributed by atoms with Crippen molar-refractivity contribution in [1.82, 2.24) is 9.97 Å². The van der Waals surface area contributed by atoms with Crippen LogP contribution >= 0.6 is 0 Å². The molecule has 3 heterocycles. The Morgan fingerprint density at radius 3 is 2.76 bits per heavy atom. The van der Waals surface area contributed by atoms with E-state index in [2.05, 4.69) is 20.2 Å². The maximum absolute atomic E-state index is 12.3. The molecule has 2 aromatic rings. The van der Waals surface area contributed by atoms with Crippen molar-refractivity contribution in [3.63, 3.8) is 0 Å². The van der Waals surface area contributed by atoms with Crippen LogP contribution in [0.25, 0.3) is 0 Å². The molecule has 3 rings (SSSR count). The zero-order chi connectivity index (χ0) is 14.5. The number of hydrogen-bond donors (Lipinski definition) is 1. The number of nitrogens with zero attached hydrogens (tertiary/aromatic N) is 3. The van der Waals surface area contributed by atoms with E-state index in [1.165, 1.54) is 19.3 Å². The Hall–Kier alpha value is -2.43. The summed E-state index contributed by atoms with van der Waals surface area (Å²) in [6, 6.07) is 7.20. The summed E-state index contributed by atoms with van der Waals surface area (Å²) >= 11 is 0. The molecule has 108 valence electrons. The summed E-state index contributed by atoms with van der Waals surface area (Å²) in [7, 11) is 0. The molecular weight excluding hydrogens is 264 g/mol. The molecular formula is C16H18N4O. The van der Waals surface area contributed by atoms with Crippen LogP contribution in [0.4, 0.5) is 11.5 Å². The fourth-order valence-electron chi connectivity index (χ4n) is 2.50. The summed E-state index contributed by atoms with van der Waals surface area (Å²) in [4.78, 5) is 22.9. The van der Waals surface area contributed by atoms with Gasteiger partial charge < -0.3 is 10.2 Å². The van der Waals surface area contributed by atoms with Crippen LogP contribution in [0.2, 0.25) is 0 Å². The maximum Gasteiger partial charge on any atom is 0.255 e. The zero-order valence-corrected chi connectivity index (χ0v) is 11.8. The van der Waals surface area contributed by atoms with E-state index >= 15 is 0 Å². The summed E-state index contributed by atoms with van der Waals surface area (Å²) in [5.41, 5.74) is 1.31. The van der Waals surface area contributed by atoms with Crippen LogP contribution in [0.5, 0.6) is 0 Å². The summed E-state index contributed by atoms with van der Waals surface area (Å²) < 4.78 is 0. The Bertz CT molecular complexity index is 609. The van der Waals surface area contributed by atoms with Gasteiger partial charge in [0.2, 0.25) is 0 Å². The van der Waals surface area contributed by atoms with Crippen molar-refractivity contribution in [2.24, 2.45) is 0 Å². The first-order valence-corrected chi connectivity index (χ1v) is 7.25. The minimum atomic E-state index is -0.136. The third-order valence-corrected chi connectivity index (χ3v) is 3.61. The molecule has 0 unspecified atom stereocenters. The molecule has 5 heteroatoms. The van der Waals surface area contributed by atoms with Gasteiger partial charge >= 0.3 is 0 Å². The second-order valence-electron chi connectivity index (χ2n) is 5.15. The minimum Gasteiger partial charge on any atom is -0.357 e. The van der Waals surface area contributed by atoms with Gasteiger partial charge in [-0.25, -0.2) is 4.98 Å². The van der Waals surface area contributed by atoms with Crippen molar-refractivity contribution in [1.29, 1.82) is 0 Å². The standard InChI is InChI=1S/C16H18N4O/c21-16(19-14-5-4-7-17-12-14)13-6-8-18-15(11-13)20-9-2-1-3-10-20/h4-8,11-12H,1-3,9-10H2,(H,19,21). The van der Waals surface area contributed by atoms with Gasteiger partial charge in [0.15, 0.2) is 0 Å². The SMILES string of the molecule is O=C(Nc1cccnc1)c1ccnc(N2CCCCC2)c1. The van der Waals surface area contributed by atoms with Crippen LogP contribution in [-0.2, 0) is 0 Å². The lowest BCUT2D eigenvalue weighted by Crippen LogP contribution is -2.30. The van der Waals surface area contributed by atoms with Crippen LogP contribution in [0.1, 0.15) is 29.6 Å². The molecule has 1 saturated heterocycles. The van der Waals surface area contributed by atoms with E-state index in [9.17, 15) is 4.79 Å². The molecule has 2 aromatic heterocycles. The molecule has 0 radical (unpaired) electrons. The molecule has 1 N–H and O–H groups in total. The van der Waals surface area contributed by atoms with Crippen molar-refractivity contribution in [2.75, 3.05) is 23.3 Å². The number of carbonyl (C=O) groups excluding carboxylic acids is 1. The van der Waals surface area contributed by atoms with Crippen LogP contribution in [0.15, 0.2) is 42.9 Å². The Morgan fingerprint density at radius 1 is 1.14 bits per heavy atom. The number of nitrogens with one attached hydrogen (secondary N) is 1. The fourth-order valence-corrected chi connectivity index (χ4v) is 2.50. The minimum absolute atomic E-state index is 0.136. The number of rotatable bonds is 3. The highest BCUT2D eigenvalue weighted by Crippen LogP contribution is 2.19. The van der Waals surface area contributed by atoms with E-state index in [-0.39, 0.29) is 5.91 Å². The van der Waals surface area contributed by atoms with Crippen molar-refractivity contribution in [3.8, 4) is 0 Å². The largest absolute Gasteiger partial charge is 0.357 e. The van der Waals surface area contributed by atoms with Gasteiger partial charge in [-0.3, -0.25) is 9.78 Å². The molecule has 1 fully saturated rings. The predicted molar refractivity (Wildman–Crippen MR) is 82.5 cm³/mol. The van der Waals surface area contributed by atoms with Gasteiger partial charge in [0.1, 0.15) is 5.82 Å². The lowest BCUT2D eigenvalue weighted by Gasteiger charge is -2.27. The molecule has 0 atom stereocenters. The van der Waals surface area contributed by atoms with Gasteiger partial charge in [-0.1, -0.05) is 0 Å². The van der Waals surface area contributed by atoms with Gasteiger partial charge in [-0.2, -0.15) is 0 Å². The van der Waals surface area contributed by atoms with Crippen molar-refractivity contribution in [2.45, 2.75) is 19.3 Å². The maximum atomic E-state index is 12.3. The third-order valence-electron chi connectivity index (χ3n) is 3.61. The molecule has 0 spiro atoms. The summed E-state index contributed by atoms with van der Waals surface area (Å²) in [6.45, 7) is 2.03. The highest BCUT2D eigenvalue weighted by atomic mass is 16.1. The molecule has 0 bridgehead atoms. The number of carbonyl (C=O) groups is 1. The smallest absolute Gasteiger partial charge is 0.255 e. The van der Waals surface area contributed by atoms with Crippen molar-refractivity contribution >= 4 is 17.4 Å². The number of anilines is 2.